The van der Waals surface area contributed by atoms with Crippen LogP contribution in [0.5, 0.6) is 0 Å². The number of carboxylic acids is 1. The highest BCUT2D eigenvalue weighted by Gasteiger charge is 2.41. The average molecular weight is 239 g/mol. The maximum Gasteiger partial charge on any atom is 0.391 e. The molecule has 0 radical (unpaired) electrons. The maximum absolute atomic E-state index is 12.3. The first-order valence-electron chi connectivity index (χ1n) is 5.36. The van der Waals surface area contributed by atoms with E-state index in [0.717, 1.165) is 0 Å². The molecule has 0 aromatic carbocycles. The van der Waals surface area contributed by atoms with E-state index in [1.807, 2.05) is 0 Å². The summed E-state index contributed by atoms with van der Waals surface area (Å²) in [4.78, 5) is 10.6. The normalized spacial score (nSPS) is 28.8. The zero-order chi connectivity index (χ0) is 12.3. The van der Waals surface area contributed by atoms with Gasteiger partial charge in [-0.05, 0) is 32.6 Å². The standard InChI is InChI=1S/C10H16F3NO2/c1-6(9(15)16)14-8-4-2-7(3-5-8)10(11,12)13/h6-8,14H,2-5H2,1H3,(H,15,16). The molecule has 1 aliphatic rings. The van der Waals surface area contributed by atoms with Gasteiger partial charge in [-0.15, -0.1) is 0 Å². The summed E-state index contributed by atoms with van der Waals surface area (Å²) in [7, 11) is 0. The van der Waals surface area contributed by atoms with Crippen molar-refractivity contribution in [1.82, 2.24) is 5.32 Å². The molecule has 2 N–H and O–H groups in total. The Morgan fingerprint density at radius 1 is 1.31 bits per heavy atom. The van der Waals surface area contributed by atoms with Gasteiger partial charge in [-0.2, -0.15) is 13.2 Å². The molecule has 94 valence electrons. The van der Waals surface area contributed by atoms with Crippen molar-refractivity contribution < 1.29 is 23.1 Å². The maximum atomic E-state index is 12.3. The van der Waals surface area contributed by atoms with Crippen molar-refractivity contribution in [1.29, 1.82) is 0 Å². The molecule has 1 saturated carbocycles. The van der Waals surface area contributed by atoms with Crippen LogP contribution in [0.1, 0.15) is 32.6 Å². The lowest BCUT2D eigenvalue weighted by Crippen LogP contribution is -2.44. The second kappa shape index (κ2) is 5.03. The second-order valence-electron chi connectivity index (χ2n) is 4.32. The molecule has 0 spiro atoms. The fraction of sp³-hybridized carbons (Fsp3) is 0.900. The molecule has 16 heavy (non-hydrogen) atoms. The number of aliphatic carboxylic acids is 1. The third-order valence-corrected chi connectivity index (χ3v) is 3.05. The largest absolute Gasteiger partial charge is 0.480 e. The van der Waals surface area contributed by atoms with E-state index in [2.05, 4.69) is 5.32 Å². The summed E-state index contributed by atoms with van der Waals surface area (Å²) in [6.07, 6.45) is -3.14. The lowest BCUT2D eigenvalue weighted by Gasteiger charge is -2.31. The van der Waals surface area contributed by atoms with Crippen LogP contribution < -0.4 is 5.32 Å². The van der Waals surface area contributed by atoms with Gasteiger partial charge in [0.1, 0.15) is 6.04 Å². The first-order valence-corrected chi connectivity index (χ1v) is 5.36. The summed E-state index contributed by atoms with van der Waals surface area (Å²) in [5.41, 5.74) is 0. The molecule has 1 atom stereocenters. The monoisotopic (exact) mass is 239 g/mol. The smallest absolute Gasteiger partial charge is 0.391 e. The highest BCUT2D eigenvalue weighted by molar-refractivity contribution is 5.72. The van der Waals surface area contributed by atoms with Crippen LogP contribution in [0.2, 0.25) is 0 Å². The minimum absolute atomic E-state index is 0.0908. The van der Waals surface area contributed by atoms with Gasteiger partial charge in [-0.1, -0.05) is 0 Å². The van der Waals surface area contributed by atoms with Crippen LogP contribution in [-0.4, -0.2) is 29.3 Å². The summed E-state index contributed by atoms with van der Waals surface area (Å²) in [5.74, 6) is -2.19. The summed E-state index contributed by atoms with van der Waals surface area (Å²) < 4.78 is 37.0. The van der Waals surface area contributed by atoms with Gasteiger partial charge in [-0.3, -0.25) is 4.79 Å². The molecule has 1 fully saturated rings. The van der Waals surface area contributed by atoms with Crippen molar-refractivity contribution in [2.75, 3.05) is 0 Å². The molecule has 0 aliphatic heterocycles. The van der Waals surface area contributed by atoms with Crippen LogP contribution in [0.25, 0.3) is 0 Å². The Bertz CT molecular complexity index is 247. The summed E-state index contributed by atoms with van der Waals surface area (Å²) in [5, 5.41) is 11.5. The van der Waals surface area contributed by atoms with Gasteiger partial charge in [0, 0.05) is 6.04 Å². The van der Waals surface area contributed by atoms with Gasteiger partial charge >= 0.3 is 12.1 Å². The number of nitrogens with one attached hydrogen (secondary N) is 1. The molecule has 0 aromatic heterocycles. The lowest BCUT2D eigenvalue weighted by atomic mass is 9.85. The van der Waals surface area contributed by atoms with Gasteiger partial charge in [0.25, 0.3) is 0 Å². The van der Waals surface area contributed by atoms with Crippen molar-refractivity contribution in [3.63, 3.8) is 0 Å². The van der Waals surface area contributed by atoms with E-state index in [1.54, 1.807) is 0 Å². The fourth-order valence-corrected chi connectivity index (χ4v) is 2.01. The number of carboxylic acid groups (broad SMARTS) is 1. The van der Waals surface area contributed by atoms with Crippen molar-refractivity contribution in [3.05, 3.63) is 0 Å². The van der Waals surface area contributed by atoms with Crippen LogP contribution in [0.3, 0.4) is 0 Å². The Morgan fingerprint density at radius 3 is 2.19 bits per heavy atom. The first-order chi connectivity index (χ1) is 7.30. The molecule has 0 heterocycles. The minimum atomic E-state index is -4.11. The zero-order valence-electron chi connectivity index (χ0n) is 9.05. The van der Waals surface area contributed by atoms with Crippen molar-refractivity contribution in [3.8, 4) is 0 Å². The van der Waals surface area contributed by atoms with E-state index in [1.165, 1.54) is 6.92 Å². The second-order valence-corrected chi connectivity index (χ2v) is 4.32. The van der Waals surface area contributed by atoms with E-state index in [0.29, 0.717) is 12.8 Å². The van der Waals surface area contributed by atoms with Gasteiger partial charge in [0.15, 0.2) is 0 Å². The number of carbonyl (C=O) groups is 1. The number of alkyl halides is 3. The highest BCUT2D eigenvalue weighted by atomic mass is 19.4. The topological polar surface area (TPSA) is 49.3 Å². The van der Waals surface area contributed by atoms with Gasteiger partial charge in [0.05, 0.1) is 5.92 Å². The Kier molecular flexibility index (Phi) is 4.18. The van der Waals surface area contributed by atoms with Crippen LogP contribution in [0.4, 0.5) is 13.2 Å². The van der Waals surface area contributed by atoms with E-state index in [9.17, 15) is 18.0 Å². The molecule has 1 aliphatic carbocycles. The first kappa shape index (κ1) is 13.3. The van der Waals surface area contributed by atoms with Gasteiger partial charge in [0.2, 0.25) is 0 Å². The lowest BCUT2D eigenvalue weighted by molar-refractivity contribution is -0.183. The van der Waals surface area contributed by atoms with Crippen LogP contribution >= 0.6 is 0 Å². The Balaban J connectivity index is 2.35. The molecule has 0 bridgehead atoms. The molecule has 1 rings (SSSR count). The summed E-state index contributed by atoms with van der Waals surface area (Å²) >= 11 is 0. The predicted octanol–water partition coefficient (Wildman–Crippen LogP) is 2.17. The Labute approximate surface area is 92.0 Å². The summed E-state index contributed by atoms with van der Waals surface area (Å²) in [6, 6.07) is -0.808. The number of rotatable bonds is 3. The molecule has 6 heteroatoms. The molecule has 0 saturated heterocycles. The van der Waals surface area contributed by atoms with Crippen molar-refractivity contribution >= 4 is 5.97 Å². The quantitative estimate of drug-likeness (QED) is 0.793. The summed E-state index contributed by atoms with van der Waals surface area (Å²) in [6.45, 7) is 1.50. The highest BCUT2D eigenvalue weighted by Crippen LogP contribution is 2.37. The zero-order valence-corrected chi connectivity index (χ0v) is 9.05. The molecule has 1 unspecified atom stereocenters. The van der Waals surface area contributed by atoms with Crippen molar-refractivity contribution in [2.45, 2.75) is 50.9 Å². The average Bonchev–Trinajstić information content (AvgIpc) is 2.17. The molecule has 3 nitrogen and oxygen atoms in total. The molecule has 0 aromatic rings. The van der Waals surface area contributed by atoms with E-state index in [-0.39, 0.29) is 18.9 Å². The SMILES string of the molecule is CC(NC1CCC(C(F)(F)F)CC1)C(=O)O. The number of hydrogen-bond donors (Lipinski definition) is 2. The fourth-order valence-electron chi connectivity index (χ4n) is 2.01. The number of hydrogen-bond acceptors (Lipinski definition) is 2. The van der Waals surface area contributed by atoms with Gasteiger partial charge in [-0.25, -0.2) is 0 Å². The minimum Gasteiger partial charge on any atom is -0.480 e. The Hall–Kier alpha value is -0.780. The Morgan fingerprint density at radius 2 is 1.81 bits per heavy atom. The van der Waals surface area contributed by atoms with Gasteiger partial charge < -0.3 is 10.4 Å². The molecular formula is C10H16F3NO2. The number of halogens is 3. The van der Waals surface area contributed by atoms with Crippen LogP contribution in [0.15, 0.2) is 0 Å². The third-order valence-electron chi connectivity index (χ3n) is 3.05. The predicted molar refractivity (Wildman–Crippen MR) is 52.0 cm³/mol. The van der Waals surface area contributed by atoms with E-state index >= 15 is 0 Å². The van der Waals surface area contributed by atoms with Crippen LogP contribution in [-0.2, 0) is 4.79 Å². The van der Waals surface area contributed by atoms with E-state index in [4.69, 9.17) is 5.11 Å². The van der Waals surface area contributed by atoms with E-state index < -0.39 is 24.1 Å². The third kappa shape index (κ3) is 3.66. The molecule has 0 amide bonds. The molecular weight excluding hydrogens is 223 g/mol. The van der Waals surface area contributed by atoms with Crippen LogP contribution in [0, 0.1) is 5.92 Å². The van der Waals surface area contributed by atoms with Crippen molar-refractivity contribution in [2.24, 2.45) is 5.92 Å².